The summed E-state index contributed by atoms with van der Waals surface area (Å²) in [4.78, 5) is 16.1. The van der Waals surface area contributed by atoms with Crippen molar-refractivity contribution in [3.8, 4) is 0 Å². The molecule has 6 heteroatoms. The van der Waals surface area contributed by atoms with Gasteiger partial charge in [-0.1, -0.05) is 22.9 Å². The molecule has 1 aromatic carbocycles. The second-order valence-electron chi connectivity index (χ2n) is 5.33. The molecule has 0 spiro atoms. The van der Waals surface area contributed by atoms with Gasteiger partial charge in [-0.25, -0.2) is 8.78 Å². The van der Waals surface area contributed by atoms with Crippen LogP contribution >= 0.6 is 15.9 Å². The molecule has 1 aliphatic heterocycles. The van der Waals surface area contributed by atoms with Gasteiger partial charge >= 0.3 is 0 Å². The summed E-state index contributed by atoms with van der Waals surface area (Å²) < 4.78 is 28.0. The second kappa shape index (κ2) is 6.83. The van der Waals surface area contributed by atoms with Crippen molar-refractivity contribution in [2.75, 3.05) is 26.2 Å². The maximum absolute atomic E-state index is 13.8. The SMILES string of the molecule is CCC(C)N1CCN(C(=O)c2c(F)cc(Br)cc2F)CC1. The van der Waals surface area contributed by atoms with Crippen molar-refractivity contribution in [2.24, 2.45) is 0 Å². The number of hydrogen-bond donors (Lipinski definition) is 0. The van der Waals surface area contributed by atoms with E-state index in [1.54, 1.807) is 0 Å². The van der Waals surface area contributed by atoms with Gasteiger partial charge < -0.3 is 4.90 Å². The van der Waals surface area contributed by atoms with Crippen molar-refractivity contribution >= 4 is 21.8 Å². The predicted octanol–water partition coefficient (Wildman–Crippen LogP) is 3.28. The Balaban J connectivity index is 2.09. The van der Waals surface area contributed by atoms with Gasteiger partial charge in [0.05, 0.1) is 0 Å². The van der Waals surface area contributed by atoms with Gasteiger partial charge in [-0.3, -0.25) is 9.69 Å². The molecule has 1 unspecified atom stereocenters. The van der Waals surface area contributed by atoms with Crippen molar-refractivity contribution in [3.05, 3.63) is 33.8 Å². The Labute approximate surface area is 132 Å². The normalized spacial score (nSPS) is 17.9. The van der Waals surface area contributed by atoms with Crippen LogP contribution in [0, 0.1) is 11.6 Å². The number of rotatable bonds is 3. The Morgan fingerprint density at radius 2 is 1.76 bits per heavy atom. The topological polar surface area (TPSA) is 23.6 Å². The minimum Gasteiger partial charge on any atom is -0.336 e. The summed E-state index contributed by atoms with van der Waals surface area (Å²) in [6.07, 6.45) is 1.05. The number of piperazine rings is 1. The van der Waals surface area contributed by atoms with Crippen LogP contribution in [0.1, 0.15) is 30.6 Å². The van der Waals surface area contributed by atoms with E-state index < -0.39 is 23.1 Å². The molecule has 0 saturated carbocycles. The van der Waals surface area contributed by atoms with Crippen molar-refractivity contribution in [2.45, 2.75) is 26.3 Å². The highest BCUT2D eigenvalue weighted by atomic mass is 79.9. The van der Waals surface area contributed by atoms with Gasteiger partial charge in [-0.2, -0.15) is 0 Å². The van der Waals surface area contributed by atoms with Gasteiger partial charge in [0.15, 0.2) is 0 Å². The first-order valence-electron chi connectivity index (χ1n) is 7.12. The van der Waals surface area contributed by atoms with Crippen LogP contribution in [0.5, 0.6) is 0 Å². The molecule has 0 radical (unpaired) electrons. The molecule has 1 aromatic rings. The molecule has 1 heterocycles. The van der Waals surface area contributed by atoms with E-state index >= 15 is 0 Å². The van der Waals surface area contributed by atoms with Gasteiger partial charge in [-0.05, 0) is 25.5 Å². The van der Waals surface area contributed by atoms with E-state index in [9.17, 15) is 13.6 Å². The maximum Gasteiger partial charge on any atom is 0.259 e. The quantitative estimate of drug-likeness (QED) is 0.825. The lowest BCUT2D eigenvalue weighted by molar-refractivity contribution is 0.0570. The molecule has 2 rings (SSSR count). The van der Waals surface area contributed by atoms with Crippen molar-refractivity contribution < 1.29 is 13.6 Å². The third-order valence-corrected chi connectivity index (χ3v) is 4.49. The summed E-state index contributed by atoms with van der Waals surface area (Å²) in [5.74, 6) is -2.21. The number of carbonyl (C=O) groups excluding carboxylic acids is 1. The average Bonchev–Trinajstić information content (AvgIpc) is 2.45. The monoisotopic (exact) mass is 360 g/mol. The molecule has 0 N–H and O–H groups in total. The first-order chi connectivity index (χ1) is 9.93. The standard InChI is InChI=1S/C15H19BrF2N2O/c1-3-10(2)19-4-6-20(7-5-19)15(21)14-12(17)8-11(16)9-13(14)18/h8-10H,3-7H2,1-2H3. The number of halogens is 3. The molecule has 1 saturated heterocycles. The van der Waals surface area contributed by atoms with Crippen LogP contribution < -0.4 is 0 Å². The van der Waals surface area contributed by atoms with E-state index in [2.05, 4.69) is 34.7 Å². The van der Waals surface area contributed by atoms with E-state index in [1.807, 2.05) is 0 Å². The molecule has 0 bridgehead atoms. The fourth-order valence-electron chi connectivity index (χ4n) is 2.53. The minimum atomic E-state index is -0.823. The summed E-state index contributed by atoms with van der Waals surface area (Å²) in [7, 11) is 0. The molecule has 21 heavy (non-hydrogen) atoms. The molecule has 1 aliphatic rings. The summed E-state index contributed by atoms with van der Waals surface area (Å²) in [5, 5.41) is 0. The summed E-state index contributed by atoms with van der Waals surface area (Å²) in [6, 6.07) is 2.70. The fraction of sp³-hybridized carbons (Fsp3) is 0.533. The van der Waals surface area contributed by atoms with Gasteiger partial charge in [0.2, 0.25) is 0 Å². The van der Waals surface area contributed by atoms with E-state index in [-0.39, 0.29) is 4.47 Å². The first kappa shape index (κ1) is 16.4. The number of carbonyl (C=O) groups is 1. The Hall–Kier alpha value is -1.01. The molecular weight excluding hydrogens is 342 g/mol. The molecule has 1 fully saturated rings. The highest BCUT2D eigenvalue weighted by molar-refractivity contribution is 9.10. The van der Waals surface area contributed by atoms with Crippen molar-refractivity contribution in [1.82, 2.24) is 9.80 Å². The molecular formula is C15H19BrF2N2O. The lowest BCUT2D eigenvalue weighted by atomic mass is 10.1. The van der Waals surface area contributed by atoms with Crippen LogP contribution in [0.25, 0.3) is 0 Å². The van der Waals surface area contributed by atoms with Crippen LogP contribution in [0.15, 0.2) is 16.6 Å². The predicted molar refractivity (Wildman–Crippen MR) is 81.3 cm³/mol. The zero-order valence-corrected chi connectivity index (χ0v) is 13.8. The highest BCUT2D eigenvalue weighted by Gasteiger charge is 2.27. The van der Waals surface area contributed by atoms with Gasteiger partial charge in [0.25, 0.3) is 5.91 Å². The smallest absolute Gasteiger partial charge is 0.259 e. The molecule has 1 atom stereocenters. The molecule has 0 aromatic heterocycles. The first-order valence-corrected chi connectivity index (χ1v) is 7.91. The number of amides is 1. The maximum atomic E-state index is 13.8. The molecule has 0 aliphatic carbocycles. The molecule has 116 valence electrons. The van der Waals surface area contributed by atoms with Crippen LogP contribution in [-0.2, 0) is 0 Å². The van der Waals surface area contributed by atoms with E-state index in [1.165, 1.54) is 4.90 Å². The van der Waals surface area contributed by atoms with Crippen LogP contribution in [-0.4, -0.2) is 47.9 Å². The van der Waals surface area contributed by atoms with E-state index in [0.717, 1.165) is 31.6 Å². The average molecular weight is 361 g/mol. The minimum absolute atomic E-state index is 0.288. The van der Waals surface area contributed by atoms with Crippen LogP contribution in [0.3, 0.4) is 0 Å². The Kier molecular flexibility index (Phi) is 5.32. The molecule has 1 amide bonds. The van der Waals surface area contributed by atoms with Gasteiger partial charge in [0.1, 0.15) is 17.2 Å². The van der Waals surface area contributed by atoms with Crippen molar-refractivity contribution in [1.29, 1.82) is 0 Å². The Bertz CT molecular complexity index is 507. The fourth-order valence-corrected chi connectivity index (χ4v) is 2.93. The van der Waals surface area contributed by atoms with Gasteiger partial charge in [-0.15, -0.1) is 0 Å². The zero-order valence-electron chi connectivity index (χ0n) is 12.2. The largest absolute Gasteiger partial charge is 0.336 e. The van der Waals surface area contributed by atoms with Crippen LogP contribution in [0.2, 0.25) is 0 Å². The number of hydrogen-bond acceptors (Lipinski definition) is 2. The number of benzene rings is 1. The summed E-state index contributed by atoms with van der Waals surface area (Å²) >= 11 is 3.01. The lowest BCUT2D eigenvalue weighted by Crippen LogP contribution is -2.51. The third kappa shape index (κ3) is 3.61. The van der Waals surface area contributed by atoms with E-state index in [0.29, 0.717) is 19.1 Å². The van der Waals surface area contributed by atoms with E-state index in [4.69, 9.17) is 0 Å². The summed E-state index contributed by atoms with van der Waals surface area (Å²) in [6.45, 7) is 6.73. The number of nitrogens with zero attached hydrogens (tertiary/aromatic N) is 2. The third-order valence-electron chi connectivity index (χ3n) is 4.04. The second-order valence-corrected chi connectivity index (χ2v) is 6.25. The van der Waals surface area contributed by atoms with Crippen molar-refractivity contribution in [3.63, 3.8) is 0 Å². The Morgan fingerprint density at radius 3 is 2.24 bits per heavy atom. The van der Waals surface area contributed by atoms with Crippen LogP contribution in [0.4, 0.5) is 8.78 Å². The Morgan fingerprint density at radius 1 is 1.24 bits per heavy atom. The van der Waals surface area contributed by atoms with Gasteiger partial charge in [0, 0.05) is 36.7 Å². The lowest BCUT2D eigenvalue weighted by Gasteiger charge is -2.37. The highest BCUT2D eigenvalue weighted by Crippen LogP contribution is 2.21. The summed E-state index contributed by atoms with van der Waals surface area (Å²) in [5.41, 5.74) is -0.463. The molecule has 3 nitrogen and oxygen atoms in total. The zero-order chi connectivity index (χ0) is 15.6.